The van der Waals surface area contributed by atoms with Crippen molar-refractivity contribution in [2.75, 3.05) is 18.0 Å². The molecule has 192 valence electrons. The molecule has 2 aromatic heterocycles. The van der Waals surface area contributed by atoms with Crippen LogP contribution < -0.4 is 4.90 Å². The normalized spacial score (nSPS) is 14.7. The highest BCUT2D eigenvalue weighted by Crippen LogP contribution is 2.27. The Morgan fingerprint density at radius 2 is 1.63 bits per heavy atom. The molecule has 4 aromatic rings. The van der Waals surface area contributed by atoms with Crippen LogP contribution in [0, 0.1) is 16.7 Å². The van der Waals surface area contributed by atoms with Crippen LogP contribution in [0.2, 0.25) is 0 Å². The average Bonchev–Trinajstić information content (AvgIpc) is 3.19. The Labute approximate surface area is 222 Å². The third-order valence-electron chi connectivity index (χ3n) is 6.50. The molecule has 0 aliphatic carbocycles. The molecule has 0 bridgehead atoms. The van der Waals surface area contributed by atoms with E-state index in [1.165, 1.54) is 4.90 Å². The highest BCUT2D eigenvalue weighted by Gasteiger charge is 2.32. The van der Waals surface area contributed by atoms with Crippen LogP contribution in [0.3, 0.4) is 0 Å². The van der Waals surface area contributed by atoms with Gasteiger partial charge >= 0.3 is 0 Å². The molecule has 0 spiro atoms. The molecule has 2 amide bonds. The lowest BCUT2D eigenvalue weighted by molar-refractivity contribution is -0.132. The molecular formula is C30H30N6O2. The Bertz CT molecular complexity index is 1510. The highest BCUT2D eigenvalue weighted by atomic mass is 16.2. The summed E-state index contributed by atoms with van der Waals surface area (Å²) < 4.78 is 2.16. The summed E-state index contributed by atoms with van der Waals surface area (Å²) in [6, 6.07) is 21.5. The van der Waals surface area contributed by atoms with Crippen molar-refractivity contribution < 1.29 is 9.59 Å². The summed E-state index contributed by atoms with van der Waals surface area (Å²) >= 11 is 0. The van der Waals surface area contributed by atoms with Gasteiger partial charge in [0.05, 0.1) is 18.8 Å². The quantitative estimate of drug-likeness (QED) is 0.362. The molecule has 0 radical (unpaired) electrons. The summed E-state index contributed by atoms with van der Waals surface area (Å²) in [7, 11) is 0. The number of aromatic nitrogens is 3. The van der Waals surface area contributed by atoms with Crippen molar-refractivity contribution in [2.45, 2.75) is 40.3 Å². The number of hydrogen-bond donors (Lipinski definition) is 0. The van der Waals surface area contributed by atoms with Gasteiger partial charge in [0.1, 0.15) is 11.7 Å². The number of amides is 2. The summed E-state index contributed by atoms with van der Waals surface area (Å²) in [5.41, 5.74) is 4.53. The monoisotopic (exact) mass is 506 g/mol. The van der Waals surface area contributed by atoms with E-state index in [9.17, 15) is 14.9 Å². The molecule has 8 heteroatoms. The second-order valence-corrected chi connectivity index (χ2v) is 11.0. The zero-order valence-corrected chi connectivity index (χ0v) is 21.9. The Balaban J connectivity index is 1.34. The number of hydrogen-bond acceptors (Lipinski definition) is 6. The van der Waals surface area contributed by atoms with E-state index < -0.39 is 0 Å². The van der Waals surface area contributed by atoms with Gasteiger partial charge in [-0.05, 0) is 34.7 Å². The highest BCUT2D eigenvalue weighted by molar-refractivity contribution is 6.17. The predicted octanol–water partition coefficient (Wildman–Crippen LogP) is 4.32. The lowest BCUT2D eigenvalue weighted by Gasteiger charge is -2.32. The Hall–Kier alpha value is -4.35. The standard InChI is InChI=1S/C30H30N6O2/c1-30(2,3)20-35-25(14-23-16-32-26(15-31)33-29(23)35)13-21-9-11-24(12-10-21)36-27(37)18-34(19-28(36)38)17-22-7-5-4-6-8-22/h4-12,14,16H,13,17-20H2,1-3H3. The molecule has 1 fully saturated rings. The molecule has 2 aromatic carbocycles. The maximum Gasteiger partial charge on any atom is 0.247 e. The minimum atomic E-state index is -0.220. The first-order chi connectivity index (χ1) is 18.2. The van der Waals surface area contributed by atoms with E-state index in [1.54, 1.807) is 6.20 Å². The van der Waals surface area contributed by atoms with E-state index >= 15 is 0 Å². The first kappa shape index (κ1) is 25.3. The van der Waals surface area contributed by atoms with Crippen molar-refractivity contribution in [2.24, 2.45) is 5.41 Å². The molecule has 1 aliphatic heterocycles. The van der Waals surface area contributed by atoms with Gasteiger partial charge in [-0.3, -0.25) is 14.5 Å². The molecule has 1 saturated heterocycles. The number of nitriles is 1. The Kier molecular flexibility index (Phi) is 6.79. The van der Waals surface area contributed by atoms with Gasteiger partial charge in [-0.25, -0.2) is 14.9 Å². The largest absolute Gasteiger partial charge is 0.329 e. The summed E-state index contributed by atoms with van der Waals surface area (Å²) in [5.74, 6) is -0.288. The van der Waals surface area contributed by atoms with E-state index in [1.807, 2.05) is 65.6 Å². The fraction of sp³-hybridized carbons (Fsp3) is 0.300. The van der Waals surface area contributed by atoms with Crippen LogP contribution >= 0.6 is 0 Å². The lowest BCUT2D eigenvalue weighted by atomic mass is 9.96. The van der Waals surface area contributed by atoms with Crippen molar-refractivity contribution in [1.29, 1.82) is 5.26 Å². The van der Waals surface area contributed by atoms with Crippen LogP contribution in [0.15, 0.2) is 66.9 Å². The van der Waals surface area contributed by atoms with Gasteiger partial charge in [0, 0.05) is 36.8 Å². The SMILES string of the molecule is CC(C)(C)Cn1c(Cc2ccc(N3C(=O)CN(Cc4ccccc4)CC3=O)cc2)cc2cnc(C#N)nc21. The Morgan fingerprint density at radius 1 is 0.947 bits per heavy atom. The second-order valence-electron chi connectivity index (χ2n) is 11.0. The zero-order valence-electron chi connectivity index (χ0n) is 21.9. The molecule has 3 heterocycles. The molecule has 8 nitrogen and oxygen atoms in total. The molecule has 38 heavy (non-hydrogen) atoms. The van der Waals surface area contributed by atoms with Gasteiger partial charge < -0.3 is 4.57 Å². The van der Waals surface area contributed by atoms with E-state index in [4.69, 9.17) is 0 Å². The number of benzene rings is 2. The summed E-state index contributed by atoms with van der Waals surface area (Å²) in [6.45, 7) is 8.18. The molecule has 0 unspecified atom stereocenters. The third-order valence-corrected chi connectivity index (χ3v) is 6.50. The van der Waals surface area contributed by atoms with Crippen LogP contribution in [-0.2, 0) is 29.1 Å². The van der Waals surface area contributed by atoms with Crippen molar-refractivity contribution in [3.63, 3.8) is 0 Å². The number of rotatable bonds is 6. The van der Waals surface area contributed by atoms with Gasteiger partial charge in [0.2, 0.25) is 17.6 Å². The number of carbonyl (C=O) groups is 2. The maximum absolute atomic E-state index is 12.9. The molecule has 0 atom stereocenters. The minimum absolute atomic E-state index is 0.00565. The van der Waals surface area contributed by atoms with Crippen LogP contribution in [-0.4, -0.2) is 44.3 Å². The van der Waals surface area contributed by atoms with Gasteiger partial charge in [-0.2, -0.15) is 5.26 Å². The number of imide groups is 1. The number of fused-ring (bicyclic) bond motifs is 1. The van der Waals surface area contributed by atoms with Crippen LogP contribution in [0.25, 0.3) is 11.0 Å². The molecule has 1 aliphatic rings. The van der Waals surface area contributed by atoms with Gasteiger partial charge in [-0.1, -0.05) is 63.2 Å². The first-order valence-electron chi connectivity index (χ1n) is 12.7. The molecule has 0 N–H and O–H groups in total. The van der Waals surface area contributed by atoms with Crippen molar-refractivity contribution in [3.8, 4) is 6.07 Å². The number of anilines is 1. The smallest absolute Gasteiger partial charge is 0.247 e. The van der Waals surface area contributed by atoms with Crippen LogP contribution in [0.1, 0.15) is 43.4 Å². The summed E-state index contributed by atoms with van der Waals surface area (Å²) in [5, 5.41) is 10.2. The van der Waals surface area contributed by atoms with Crippen molar-refractivity contribution in [1.82, 2.24) is 19.4 Å². The fourth-order valence-corrected chi connectivity index (χ4v) is 4.88. The Morgan fingerprint density at radius 3 is 2.26 bits per heavy atom. The second kappa shape index (κ2) is 10.2. The van der Waals surface area contributed by atoms with Crippen molar-refractivity contribution in [3.05, 3.63) is 89.5 Å². The van der Waals surface area contributed by atoms with Gasteiger partial charge in [0.15, 0.2) is 0 Å². The third kappa shape index (κ3) is 5.48. The van der Waals surface area contributed by atoms with Crippen LogP contribution in [0.5, 0.6) is 0 Å². The summed E-state index contributed by atoms with van der Waals surface area (Å²) in [6.07, 6.45) is 2.34. The average molecular weight is 507 g/mol. The van der Waals surface area contributed by atoms with E-state index in [0.29, 0.717) is 18.7 Å². The number of carbonyl (C=O) groups excluding carboxylic acids is 2. The number of nitrogens with zero attached hydrogens (tertiary/aromatic N) is 6. The fourth-order valence-electron chi connectivity index (χ4n) is 4.88. The topological polar surface area (TPSA) is 95.1 Å². The van der Waals surface area contributed by atoms with Gasteiger partial charge in [0.25, 0.3) is 0 Å². The summed E-state index contributed by atoms with van der Waals surface area (Å²) in [4.78, 5) is 37.6. The van der Waals surface area contributed by atoms with Crippen LogP contribution in [0.4, 0.5) is 5.69 Å². The number of piperazine rings is 1. The first-order valence-corrected chi connectivity index (χ1v) is 12.7. The van der Waals surface area contributed by atoms with Gasteiger partial charge in [-0.15, -0.1) is 0 Å². The maximum atomic E-state index is 12.9. The van der Waals surface area contributed by atoms with Crippen molar-refractivity contribution >= 4 is 28.5 Å². The lowest BCUT2D eigenvalue weighted by Crippen LogP contribution is -2.53. The van der Waals surface area contributed by atoms with E-state index in [0.717, 1.165) is 34.4 Å². The minimum Gasteiger partial charge on any atom is -0.329 e. The zero-order chi connectivity index (χ0) is 26.9. The molecular weight excluding hydrogens is 476 g/mol. The van der Waals surface area contributed by atoms with E-state index in [-0.39, 0.29) is 36.1 Å². The molecule has 5 rings (SSSR count). The molecule has 0 saturated carbocycles. The predicted molar refractivity (Wildman–Crippen MR) is 145 cm³/mol. The van der Waals surface area contributed by atoms with E-state index in [2.05, 4.69) is 41.4 Å².